The number of benzene rings is 1. The van der Waals surface area contributed by atoms with Crippen LogP contribution in [0.25, 0.3) is 0 Å². The molecule has 0 aromatic heterocycles. The fourth-order valence-electron chi connectivity index (χ4n) is 1.45. The van der Waals surface area contributed by atoms with Gasteiger partial charge in [0.05, 0.1) is 0 Å². The van der Waals surface area contributed by atoms with Gasteiger partial charge >= 0.3 is 0 Å². The molecule has 0 aliphatic carbocycles. The van der Waals surface area contributed by atoms with Crippen LogP contribution in [0.3, 0.4) is 0 Å². The molecule has 0 atom stereocenters. The first kappa shape index (κ1) is 13.0. The van der Waals surface area contributed by atoms with E-state index in [4.69, 9.17) is 5.73 Å². The van der Waals surface area contributed by atoms with Gasteiger partial charge in [-0.3, -0.25) is 0 Å². The zero-order valence-corrected chi connectivity index (χ0v) is 10.5. The summed E-state index contributed by atoms with van der Waals surface area (Å²) in [5.74, 6) is -0.156. The molecule has 2 N–H and O–H groups in total. The van der Waals surface area contributed by atoms with Gasteiger partial charge in [0.1, 0.15) is 5.82 Å². The number of anilines is 1. The SMILES string of the molecule is Cc1cc(N(C)CCC(C)(C)N)ccc1F. The number of hydrogen-bond donors (Lipinski definition) is 1. The van der Waals surface area contributed by atoms with E-state index in [1.54, 1.807) is 13.0 Å². The van der Waals surface area contributed by atoms with Gasteiger partial charge in [0.25, 0.3) is 0 Å². The largest absolute Gasteiger partial charge is 0.375 e. The van der Waals surface area contributed by atoms with Gasteiger partial charge < -0.3 is 10.6 Å². The summed E-state index contributed by atoms with van der Waals surface area (Å²) in [4.78, 5) is 2.10. The monoisotopic (exact) mass is 224 g/mol. The molecule has 0 bridgehead atoms. The van der Waals surface area contributed by atoms with Crippen LogP contribution in [0.4, 0.5) is 10.1 Å². The summed E-state index contributed by atoms with van der Waals surface area (Å²) in [5.41, 5.74) is 7.47. The summed E-state index contributed by atoms with van der Waals surface area (Å²) < 4.78 is 13.1. The molecule has 1 rings (SSSR count). The Hall–Kier alpha value is -1.09. The lowest BCUT2D eigenvalue weighted by Crippen LogP contribution is -2.36. The number of aryl methyl sites for hydroxylation is 1. The van der Waals surface area contributed by atoms with E-state index in [-0.39, 0.29) is 11.4 Å². The van der Waals surface area contributed by atoms with Crippen LogP contribution in [0.1, 0.15) is 25.8 Å². The highest BCUT2D eigenvalue weighted by molar-refractivity contribution is 5.48. The number of nitrogens with zero attached hydrogens (tertiary/aromatic N) is 1. The van der Waals surface area contributed by atoms with Gasteiger partial charge in [0.15, 0.2) is 0 Å². The first-order chi connectivity index (χ1) is 7.29. The Morgan fingerprint density at radius 1 is 1.38 bits per heavy atom. The Kier molecular flexibility index (Phi) is 3.92. The Morgan fingerprint density at radius 3 is 2.50 bits per heavy atom. The molecule has 1 aromatic carbocycles. The van der Waals surface area contributed by atoms with Crippen LogP contribution in [0, 0.1) is 12.7 Å². The molecule has 0 aliphatic heterocycles. The van der Waals surface area contributed by atoms with E-state index >= 15 is 0 Å². The first-order valence-corrected chi connectivity index (χ1v) is 5.56. The molecular formula is C13H21FN2. The third kappa shape index (κ3) is 3.81. The minimum Gasteiger partial charge on any atom is -0.375 e. The fourth-order valence-corrected chi connectivity index (χ4v) is 1.45. The predicted octanol–water partition coefficient (Wildman–Crippen LogP) is 2.70. The normalized spacial score (nSPS) is 11.6. The average Bonchev–Trinajstić information content (AvgIpc) is 2.17. The van der Waals surface area contributed by atoms with Crippen molar-refractivity contribution in [1.29, 1.82) is 0 Å². The van der Waals surface area contributed by atoms with Crippen molar-refractivity contribution in [2.45, 2.75) is 32.7 Å². The number of halogens is 1. The van der Waals surface area contributed by atoms with Crippen molar-refractivity contribution in [2.75, 3.05) is 18.5 Å². The third-order valence-electron chi connectivity index (χ3n) is 2.67. The van der Waals surface area contributed by atoms with Gasteiger partial charge in [0, 0.05) is 24.8 Å². The van der Waals surface area contributed by atoms with E-state index in [1.165, 1.54) is 6.07 Å². The molecule has 0 aliphatic rings. The van der Waals surface area contributed by atoms with Crippen LogP contribution in [-0.2, 0) is 0 Å². The molecule has 90 valence electrons. The van der Waals surface area contributed by atoms with Crippen molar-refractivity contribution in [1.82, 2.24) is 0 Å². The molecule has 0 heterocycles. The fraction of sp³-hybridized carbons (Fsp3) is 0.538. The molecule has 0 amide bonds. The van der Waals surface area contributed by atoms with Gasteiger partial charge in [-0.25, -0.2) is 4.39 Å². The molecule has 0 unspecified atom stereocenters. The van der Waals surface area contributed by atoms with Crippen molar-refractivity contribution in [3.8, 4) is 0 Å². The number of nitrogens with two attached hydrogens (primary N) is 1. The van der Waals surface area contributed by atoms with Gasteiger partial charge in [0.2, 0.25) is 0 Å². The predicted molar refractivity (Wildman–Crippen MR) is 67.3 cm³/mol. The van der Waals surface area contributed by atoms with Crippen LogP contribution in [0.2, 0.25) is 0 Å². The molecule has 0 radical (unpaired) electrons. The molecule has 3 heteroatoms. The Balaban J connectivity index is 2.66. The summed E-state index contributed by atoms with van der Waals surface area (Å²) in [6, 6.07) is 5.17. The maximum Gasteiger partial charge on any atom is 0.126 e. The summed E-state index contributed by atoms with van der Waals surface area (Å²) in [7, 11) is 2.00. The highest BCUT2D eigenvalue weighted by Crippen LogP contribution is 2.18. The van der Waals surface area contributed by atoms with Crippen LogP contribution < -0.4 is 10.6 Å². The van der Waals surface area contributed by atoms with E-state index in [9.17, 15) is 4.39 Å². The van der Waals surface area contributed by atoms with E-state index in [2.05, 4.69) is 4.90 Å². The topological polar surface area (TPSA) is 29.3 Å². The van der Waals surface area contributed by atoms with Gasteiger partial charge in [-0.05, 0) is 51.0 Å². The van der Waals surface area contributed by atoms with Crippen molar-refractivity contribution in [3.05, 3.63) is 29.6 Å². The highest BCUT2D eigenvalue weighted by Gasteiger charge is 2.12. The maximum atomic E-state index is 13.1. The summed E-state index contributed by atoms with van der Waals surface area (Å²) in [6.07, 6.45) is 0.903. The van der Waals surface area contributed by atoms with Gasteiger partial charge in [-0.2, -0.15) is 0 Å². The van der Waals surface area contributed by atoms with Crippen molar-refractivity contribution >= 4 is 5.69 Å². The zero-order valence-electron chi connectivity index (χ0n) is 10.5. The first-order valence-electron chi connectivity index (χ1n) is 5.56. The molecular weight excluding hydrogens is 203 g/mol. The van der Waals surface area contributed by atoms with E-state index < -0.39 is 0 Å². The lowest BCUT2D eigenvalue weighted by atomic mass is 10.0. The second kappa shape index (κ2) is 4.83. The molecule has 2 nitrogen and oxygen atoms in total. The highest BCUT2D eigenvalue weighted by atomic mass is 19.1. The third-order valence-corrected chi connectivity index (χ3v) is 2.67. The molecule has 0 saturated carbocycles. The Bertz CT molecular complexity index is 355. The molecule has 0 spiro atoms. The van der Waals surface area contributed by atoms with Crippen molar-refractivity contribution in [2.24, 2.45) is 5.73 Å². The lowest BCUT2D eigenvalue weighted by Gasteiger charge is -2.25. The minimum absolute atomic E-state index is 0.156. The van der Waals surface area contributed by atoms with Crippen molar-refractivity contribution in [3.63, 3.8) is 0 Å². The number of hydrogen-bond acceptors (Lipinski definition) is 2. The van der Waals surface area contributed by atoms with E-state index in [1.807, 2.05) is 27.0 Å². The molecule has 16 heavy (non-hydrogen) atoms. The van der Waals surface area contributed by atoms with Gasteiger partial charge in [-0.15, -0.1) is 0 Å². The van der Waals surface area contributed by atoms with Crippen LogP contribution in [0.15, 0.2) is 18.2 Å². The lowest BCUT2D eigenvalue weighted by molar-refractivity contribution is 0.479. The van der Waals surface area contributed by atoms with E-state index in [0.29, 0.717) is 5.56 Å². The van der Waals surface area contributed by atoms with E-state index in [0.717, 1.165) is 18.7 Å². The summed E-state index contributed by atoms with van der Waals surface area (Å²) >= 11 is 0. The minimum atomic E-state index is -0.163. The molecule has 0 saturated heterocycles. The smallest absolute Gasteiger partial charge is 0.126 e. The second-order valence-electron chi connectivity index (χ2n) is 5.09. The van der Waals surface area contributed by atoms with Crippen LogP contribution in [-0.4, -0.2) is 19.1 Å². The Labute approximate surface area is 97.3 Å². The summed E-state index contributed by atoms with van der Waals surface area (Å²) in [5, 5.41) is 0. The van der Waals surface area contributed by atoms with Crippen LogP contribution in [0.5, 0.6) is 0 Å². The average molecular weight is 224 g/mol. The maximum absolute atomic E-state index is 13.1. The standard InChI is InChI=1S/C13H21FN2/c1-10-9-11(5-6-12(10)14)16(4)8-7-13(2,3)15/h5-6,9H,7-8,15H2,1-4H3. The molecule has 1 aromatic rings. The number of rotatable bonds is 4. The van der Waals surface area contributed by atoms with Crippen molar-refractivity contribution < 1.29 is 4.39 Å². The zero-order chi connectivity index (χ0) is 12.3. The summed E-state index contributed by atoms with van der Waals surface area (Å²) in [6.45, 7) is 6.67. The molecule has 0 fully saturated rings. The van der Waals surface area contributed by atoms with Crippen LogP contribution >= 0.6 is 0 Å². The Morgan fingerprint density at radius 2 is 2.00 bits per heavy atom. The quantitative estimate of drug-likeness (QED) is 0.852. The van der Waals surface area contributed by atoms with Gasteiger partial charge in [-0.1, -0.05) is 0 Å². The second-order valence-corrected chi connectivity index (χ2v) is 5.09.